The van der Waals surface area contributed by atoms with E-state index in [0.29, 0.717) is 24.6 Å². The topological polar surface area (TPSA) is 65.3 Å². The van der Waals surface area contributed by atoms with Gasteiger partial charge in [-0.2, -0.15) is 5.26 Å². The van der Waals surface area contributed by atoms with Crippen molar-refractivity contribution in [1.82, 2.24) is 5.32 Å². The first-order chi connectivity index (χ1) is 9.06. The van der Waals surface area contributed by atoms with Crippen LogP contribution in [0.15, 0.2) is 18.2 Å². The van der Waals surface area contributed by atoms with Gasteiger partial charge in [0.15, 0.2) is 0 Å². The normalized spacial score (nSPS) is 12.2. The molecule has 0 saturated heterocycles. The predicted octanol–water partition coefficient (Wildman–Crippen LogP) is 2.06. The van der Waals surface area contributed by atoms with Crippen LogP contribution in [0.1, 0.15) is 31.4 Å². The lowest BCUT2D eigenvalue weighted by Crippen LogP contribution is -2.27. The molecule has 0 spiro atoms. The standard InChI is InChI=1S/C15H22N2O2/c1-11(2)6-14(18)10-17-9-13-7-12(8-16)4-5-15(13)19-3/h4-5,7,11,14,17-18H,6,9-10H2,1-3H3. The van der Waals surface area contributed by atoms with Crippen molar-refractivity contribution in [2.75, 3.05) is 13.7 Å². The number of benzene rings is 1. The Balaban J connectivity index is 2.55. The van der Waals surface area contributed by atoms with Gasteiger partial charge in [-0.25, -0.2) is 0 Å². The van der Waals surface area contributed by atoms with Crippen molar-refractivity contribution in [3.63, 3.8) is 0 Å². The van der Waals surface area contributed by atoms with Gasteiger partial charge >= 0.3 is 0 Å². The predicted molar refractivity (Wildman–Crippen MR) is 74.9 cm³/mol. The van der Waals surface area contributed by atoms with Crippen molar-refractivity contribution < 1.29 is 9.84 Å². The molecular formula is C15H22N2O2. The third kappa shape index (κ3) is 5.29. The van der Waals surface area contributed by atoms with E-state index in [1.165, 1.54) is 0 Å². The number of ether oxygens (including phenoxy) is 1. The van der Waals surface area contributed by atoms with Crippen molar-refractivity contribution >= 4 is 0 Å². The summed E-state index contributed by atoms with van der Waals surface area (Å²) in [5, 5.41) is 21.9. The molecule has 0 fully saturated rings. The van der Waals surface area contributed by atoms with Crippen molar-refractivity contribution in [3.05, 3.63) is 29.3 Å². The number of aliphatic hydroxyl groups is 1. The average molecular weight is 262 g/mol. The molecule has 1 rings (SSSR count). The van der Waals surface area contributed by atoms with Gasteiger partial charge in [0.25, 0.3) is 0 Å². The minimum atomic E-state index is -0.342. The smallest absolute Gasteiger partial charge is 0.123 e. The molecule has 0 amide bonds. The summed E-state index contributed by atoms with van der Waals surface area (Å²) < 4.78 is 5.26. The van der Waals surface area contributed by atoms with Crippen molar-refractivity contribution in [3.8, 4) is 11.8 Å². The number of nitrogens with zero attached hydrogens (tertiary/aromatic N) is 1. The van der Waals surface area contributed by atoms with Gasteiger partial charge in [0, 0.05) is 18.7 Å². The third-order valence-corrected chi connectivity index (χ3v) is 2.85. The molecular weight excluding hydrogens is 240 g/mol. The van der Waals surface area contributed by atoms with Gasteiger partial charge < -0.3 is 15.2 Å². The van der Waals surface area contributed by atoms with Crippen LogP contribution in [0.4, 0.5) is 0 Å². The van der Waals surface area contributed by atoms with Crippen LogP contribution in [-0.2, 0) is 6.54 Å². The zero-order valence-electron chi connectivity index (χ0n) is 11.8. The van der Waals surface area contributed by atoms with E-state index in [1.807, 2.05) is 0 Å². The molecule has 1 unspecified atom stereocenters. The molecule has 104 valence electrons. The monoisotopic (exact) mass is 262 g/mol. The summed E-state index contributed by atoms with van der Waals surface area (Å²) in [5.41, 5.74) is 1.54. The zero-order valence-corrected chi connectivity index (χ0v) is 11.8. The summed E-state index contributed by atoms with van der Waals surface area (Å²) in [6, 6.07) is 7.44. The minimum Gasteiger partial charge on any atom is -0.496 e. The highest BCUT2D eigenvalue weighted by Crippen LogP contribution is 2.19. The van der Waals surface area contributed by atoms with Crippen molar-refractivity contribution in [1.29, 1.82) is 5.26 Å². The highest BCUT2D eigenvalue weighted by molar-refractivity contribution is 5.41. The lowest BCUT2D eigenvalue weighted by molar-refractivity contribution is 0.146. The SMILES string of the molecule is COc1ccc(C#N)cc1CNCC(O)CC(C)C. The molecule has 0 bridgehead atoms. The Kier molecular flexibility index (Phi) is 6.34. The molecule has 4 nitrogen and oxygen atoms in total. The average Bonchev–Trinajstić information content (AvgIpc) is 2.37. The summed E-state index contributed by atoms with van der Waals surface area (Å²) in [4.78, 5) is 0. The molecule has 0 saturated carbocycles. The van der Waals surface area contributed by atoms with Crippen LogP contribution >= 0.6 is 0 Å². The van der Waals surface area contributed by atoms with Crippen LogP contribution in [0.2, 0.25) is 0 Å². The first-order valence-electron chi connectivity index (χ1n) is 6.52. The number of rotatable bonds is 7. The highest BCUT2D eigenvalue weighted by Gasteiger charge is 2.08. The molecule has 1 atom stereocenters. The first-order valence-corrected chi connectivity index (χ1v) is 6.52. The Morgan fingerprint density at radius 3 is 2.74 bits per heavy atom. The van der Waals surface area contributed by atoms with Gasteiger partial charge in [0.1, 0.15) is 5.75 Å². The third-order valence-electron chi connectivity index (χ3n) is 2.85. The molecule has 1 aromatic rings. The number of methoxy groups -OCH3 is 1. The largest absolute Gasteiger partial charge is 0.496 e. The van der Waals surface area contributed by atoms with Crippen LogP contribution < -0.4 is 10.1 Å². The van der Waals surface area contributed by atoms with E-state index in [-0.39, 0.29) is 6.10 Å². The van der Waals surface area contributed by atoms with Gasteiger partial charge in [-0.3, -0.25) is 0 Å². The number of hydrogen-bond donors (Lipinski definition) is 2. The quantitative estimate of drug-likeness (QED) is 0.789. The van der Waals surface area contributed by atoms with E-state index in [4.69, 9.17) is 10.00 Å². The number of nitrogens with one attached hydrogen (secondary N) is 1. The van der Waals surface area contributed by atoms with Gasteiger partial charge in [-0.1, -0.05) is 13.8 Å². The summed E-state index contributed by atoms with van der Waals surface area (Å²) in [6.07, 6.45) is 0.438. The maximum Gasteiger partial charge on any atom is 0.123 e. The minimum absolute atomic E-state index is 0.342. The Morgan fingerprint density at radius 2 is 2.16 bits per heavy atom. The van der Waals surface area contributed by atoms with Crippen LogP contribution in [-0.4, -0.2) is 24.9 Å². The maximum atomic E-state index is 9.78. The Bertz CT molecular complexity index is 438. The van der Waals surface area contributed by atoms with E-state index in [9.17, 15) is 5.11 Å². The number of aliphatic hydroxyl groups excluding tert-OH is 1. The second kappa shape index (κ2) is 7.78. The molecule has 0 radical (unpaired) electrons. The van der Waals surface area contributed by atoms with E-state index < -0.39 is 0 Å². The van der Waals surface area contributed by atoms with Gasteiger partial charge in [-0.05, 0) is 30.5 Å². The Hall–Kier alpha value is -1.57. The number of nitriles is 1. The van der Waals surface area contributed by atoms with Gasteiger partial charge in [0.2, 0.25) is 0 Å². The maximum absolute atomic E-state index is 9.78. The lowest BCUT2D eigenvalue weighted by Gasteiger charge is -2.15. The van der Waals surface area contributed by atoms with Crippen LogP contribution in [0, 0.1) is 17.2 Å². The van der Waals surface area contributed by atoms with Crippen molar-refractivity contribution in [2.24, 2.45) is 5.92 Å². The molecule has 0 aliphatic rings. The molecule has 0 aliphatic carbocycles. The van der Waals surface area contributed by atoms with E-state index in [2.05, 4.69) is 25.2 Å². The van der Waals surface area contributed by atoms with E-state index in [0.717, 1.165) is 17.7 Å². The summed E-state index contributed by atoms with van der Waals surface area (Å²) in [6.45, 7) is 5.29. The van der Waals surface area contributed by atoms with Gasteiger partial charge in [0.05, 0.1) is 24.8 Å². The summed E-state index contributed by atoms with van der Waals surface area (Å²) >= 11 is 0. The van der Waals surface area contributed by atoms with Crippen LogP contribution in [0.3, 0.4) is 0 Å². The fourth-order valence-corrected chi connectivity index (χ4v) is 1.99. The Labute approximate surface area is 115 Å². The molecule has 0 heterocycles. The zero-order chi connectivity index (χ0) is 14.3. The summed E-state index contributed by atoms with van der Waals surface area (Å²) in [5.74, 6) is 1.23. The highest BCUT2D eigenvalue weighted by atomic mass is 16.5. The van der Waals surface area contributed by atoms with E-state index in [1.54, 1.807) is 25.3 Å². The molecule has 4 heteroatoms. The van der Waals surface area contributed by atoms with Gasteiger partial charge in [-0.15, -0.1) is 0 Å². The summed E-state index contributed by atoms with van der Waals surface area (Å²) in [7, 11) is 1.61. The Morgan fingerprint density at radius 1 is 1.42 bits per heavy atom. The second-order valence-electron chi connectivity index (χ2n) is 5.05. The second-order valence-corrected chi connectivity index (χ2v) is 5.05. The van der Waals surface area contributed by atoms with Crippen LogP contribution in [0.5, 0.6) is 5.75 Å². The molecule has 19 heavy (non-hydrogen) atoms. The van der Waals surface area contributed by atoms with Crippen molar-refractivity contribution in [2.45, 2.75) is 32.9 Å². The van der Waals surface area contributed by atoms with Crippen LogP contribution in [0.25, 0.3) is 0 Å². The lowest BCUT2D eigenvalue weighted by atomic mass is 10.1. The molecule has 1 aromatic carbocycles. The molecule has 0 aliphatic heterocycles. The van der Waals surface area contributed by atoms with E-state index >= 15 is 0 Å². The fourth-order valence-electron chi connectivity index (χ4n) is 1.99. The fraction of sp³-hybridized carbons (Fsp3) is 0.533. The number of hydrogen-bond acceptors (Lipinski definition) is 4. The first kappa shape index (κ1) is 15.5. The molecule has 0 aromatic heterocycles. The molecule has 2 N–H and O–H groups in total.